The molecule has 0 aromatic carbocycles. The molecule has 1 rings (SSSR count). The molecule has 1 atom stereocenters. The number of carbonyl (C=O) groups excluding carboxylic acids is 1. The third-order valence-electron chi connectivity index (χ3n) is 3.82. The molecule has 1 heterocycles. The van der Waals surface area contributed by atoms with Crippen molar-refractivity contribution < 1.29 is 4.79 Å². The Morgan fingerprint density at radius 2 is 1.89 bits per heavy atom. The molecule has 5 heteroatoms. The van der Waals surface area contributed by atoms with Gasteiger partial charge in [0.2, 0.25) is 5.91 Å². The van der Waals surface area contributed by atoms with Crippen molar-refractivity contribution in [2.75, 3.05) is 47.3 Å². The third kappa shape index (κ3) is 4.86. The lowest BCUT2D eigenvalue weighted by Crippen LogP contribution is -2.45. The summed E-state index contributed by atoms with van der Waals surface area (Å²) in [4.78, 5) is 18.2. The molecular formula is C13H26BrN3O. The molecule has 1 aliphatic heterocycles. The van der Waals surface area contributed by atoms with Crippen LogP contribution in [0.2, 0.25) is 0 Å². The Hall–Kier alpha value is -0.130. The number of amides is 1. The molecule has 4 nitrogen and oxygen atoms in total. The van der Waals surface area contributed by atoms with E-state index in [0.717, 1.165) is 13.1 Å². The Labute approximate surface area is 119 Å². The largest absolute Gasteiger partial charge is 0.344 e. The summed E-state index contributed by atoms with van der Waals surface area (Å²) in [6.45, 7) is 6.00. The van der Waals surface area contributed by atoms with Gasteiger partial charge in [-0.3, -0.25) is 4.79 Å². The van der Waals surface area contributed by atoms with Crippen LogP contribution < -0.4 is 0 Å². The van der Waals surface area contributed by atoms with Gasteiger partial charge in [0, 0.05) is 26.2 Å². The van der Waals surface area contributed by atoms with Crippen molar-refractivity contribution in [3.8, 4) is 0 Å². The zero-order valence-electron chi connectivity index (χ0n) is 12.0. The van der Waals surface area contributed by atoms with Crippen molar-refractivity contribution in [2.24, 2.45) is 0 Å². The second-order valence-corrected chi connectivity index (χ2v) is 6.76. The maximum Gasteiger partial charge on any atom is 0.235 e. The van der Waals surface area contributed by atoms with Gasteiger partial charge in [-0.25, -0.2) is 0 Å². The summed E-state index contributed by atoms with van der Waals surface area (Å²) in [6.07, 6.45) is 2.47. The molecule has 1 amide bonds. The van der Waals surface area contributed by atoms with Crippen LogP contribution in [0.4, 0.5) is 0 Å². The summed E-state index contributed by atoms with van der Waals surface area (Å²) < 4.78 is 0. The van der Waals surface area contributed by atoms with Crippen molar-refractivity contribution in [1.82, 2.24) is 14.7 Å². The summed E-state index contributed by atoms with van der Waals surface area (Å²) in [5.41, 5.74) is 0. The highest BCUT2D eigenvalue weighted by Crippen LogP contribution is 2.13. The molecule has 0 bridgehead atoms. The van der Waals surface area contributed by atoms with Gasteiger partial charge in [-0.2, -0.15) is 0 Å². The van der Waals surface area contributed by atoms with Crippen LogP contribution in [0, 0.1) is 0 Å². The van der Waals surface area contributed by atoms with Crippen LogP contribution in [0.5, 0.6) is 0 Å². The lowest BCUT2D eigenvalue weighted by Gasteiger charge is -2.35. The van der Waals surface area contributed by atoms with Crippen LogP contribution in [-0.2, 0) is 4.79 Å². The van der Waals surface area contributed by atoms with Gasteiger partial charge in [-0.15, -0.1) is 0 Å². The maximum absolute atomic E-state index is 11.7. The lowest BCUT2D eigenvalue weighted by atomic mass is 10.0. The number of rotatable bonds is 5. The molecule has 18 heavy (non-hydrogen) atoms. The first-order valence-corrected chi connectivity index (χ1v) is 7.61. The normalized spacial score (nSPS) is 20.1. The monoisotopic (exact) mass is 319 g/mol. The Morgan fingerprint density at radius 3 is 2.39 bits per heavy atom. The van der Waals surface area contributed by atoms with Gasteiger partial charge in [-0.05, 0) is 47.0 Å². The zero-order valence-corrected chi connectivity index (χ0v) is 13.6. The molecule has 0 spiro atoms. The minimum absolute atomic E-state index is 0.0869. The fraction of sp³-hybridized carbons (Fsp3) is 0.923. The Balaban J connectivity index is 2.28. The van der Waals surface area contributed by atoms with Gasteiger partial charge >= 0.3 is 0 Å². The summed E-state index contributed by atoms with van der Waals surface area (Å²) >= 11 is 3.32. The standard InChI is InChI=1S/C13H26BrN3O/c1-11(14)13(18)17(4)10-9-16(3)12-5-7-15(2)8-6-12/h11-12H,5-10H2,1-4H3. The summed E-state index contributed by atoms with van der Waals surface area (Å²) in [5.74, 6) is 0.159. The topological polar surface area (TPSA) is 26.8 Å². The lowest BCUT2D eigenvalue weighted by molar-refractivity contribution is -0.129. The molecule has 1 fully saturated rings. The highest BCUT2D eigenvalue weighted by atomic mass is 79.9. The van der Waals surface area contributed by atoms with E-state index in [1.807, 2.05) is 18.9 Å². The van der Waals surface area contributed by atoms with E-state index in [9.17, 15) is 4.79 Å². The number of halogens is 1. The number of hydrogen-bond acceptors (Lipinski definition) is 3. The molecular weight excluding hydrogens is 294 g/mol. The number of piperidine rings is 1. The number of nitrogens with zero attached hydrogens (tertiary/aromatic N) is 3. The van der Waals surface area contributed by atoms with E-state index < -0.39 is 0 Å². The first-order chi connectivity index (χ1) is 8.41. The van der Waals surface area contributed by atoms with E-state index in [2.05, 4.69) is 39.8 Å². The summed E-state index contributed by atoms with van der Waals surface area (Å²) in [6, 6.07) is 0.672. The van der Waals surface area contributed by atoms with Gasteiger partial charge in [0.25, 0.3) is 0 Å². The van der Waals surface area contributed by atoms with Crippen molar-refractivity contribution in [3.63, 3.8) is 0 Å². The van der Waals surface area contributed by atoms with Gasteiger partial charge < -0.3 is 14.7 Å². The fourth-order valence-electron chi connectivity index (χ4n) is 2.34. The molecule has 1 aliphatic rings. The van der Waals surface area contributed by atoms with Crippen LogP contribution in [0.15, 0.2) is 0 Å². The Kier molecular flexibility index (Phi) is 6.60. The summed E-state index contributed by atoms with van der Waals surface area (Å²) in [5, 5.41) is 0. The summed E-state index contributed by atoms with van der Waals surface area (Å²) in [7, 11) is 6.23. The predicted octanol–water partition coefficient (Wildman–Crippen LogP) is 1.25. The van der Waals surface area contributed by atoms with Gasteiger partial charge in [0.05, 0.1) is 4.83 Å². The van der Waals surface area contributed by atoms with Crippen molar-refractivity contribution in [3.05, 3.63) is 0 Å². The Morgan fingerprint density at radius 1 is 1.33 bits per heavy atom. The molecule has 0 aliphatic carbocycles. The number of carbonyl (C=O) groups is 1. The fourth-order valence-corrected chi connectivity index (χ4v) is 2.69. The van der Waals surface area contributed by atoms with Crippen LogP contribution in [0.25, 0.3) is 0 Å². The highest BCUT2D eigenvalue weighted by Gasteiger charge is 2.21. The second kappa shape index (κ2) is 7.46. The van der Waals surface area contributed by atoms with Crippen molar-refractivity contribution in [2.45, 2.75) is 30.6 Å². The van der Waals surface area contributed by atoms with Gasteiger partial charge in [0.15, 0.2) is 0 Å². The number of likely N-dealkylation sites (N-methyl/N-ethyl adjacent to an activating group) is 2. The average molecular weight is 320 g/mol. The van der Waals surface area contributed by atoms with Crippen LogP contribution in [0.3, 0.4) is 0 Å². The van der Waals surface area contributed by atoms with E-state index in [-0.39, 0.29) is 10.7 Å². The first kappa shape index (κ1) is 15.9. The molecule has 1 saturated heterocycles. The number of likely N-dealkylation sites (tertiary alicyclic amines) is 1. The van der Waals surface area contributed by atoms with E-state index >= 15 is 0 Å². The van der Waals surface area contributed by atoms with Gasteiger partial charge in [-0.1, -0.05) is 15.9 Å². The van der Waals surface area contributed by atoms with E-state index in [0.29, 0.717) is 6.04 Å². The van der Waals surface area contributed by atoms with Crippen molar-refractivity contribution in [1.29, 1.82) is 0 Å². The number of hydrogen-bond donors (Lipinski definition) is 0. The molecule has 106 valence electrons. The van der Waals surface area contributed by atoms with E-state index in [1.54, 1.807) is 0 Å². The van der Waals surface area contributed by atoms with E-state index in [1.165, 1.54) is 25.9 Å². The van der Waals surface area contributed by atoms with Gasteiger partial charge in [0.1, 0.15) is 0 Å². The van der Waals surface area contributed by atoms with E-state index in [4.69, 9.17) is 0 Å². The smallest absolute Gasteiger partial charge is 0.235 e. The van der Waals surface area contributed by atoms with Crippen LogP contribution in [0.1, 0.15) is 19.8 Å². The minimum atomic E-state index is -0.0869. The SMILES string of the molecule is CC(Br)C(=O)N(C)CCN(C)C1CCN(C)CC1. The zero-order chi connectivity index (χ0) is 13.7. The average Bonchev–Trinajstić information content (AvgIpc) is 2.35. The predicted molar refractivity (Wildman–Crippen MR) is 79.2 cm³/mol. The Bertz CT molecular complexity index is 265. The number of alkyl halides is 1. The molecule has 0 radical (unpaired) electrons. The molecule has 0 aromatic heterocycles. The molecule has 0 N–H and O–H groups in total. The van der Waals surface area contributed by atoms with Crippen LogP contribution in [-0.4, -0.2) is 78.8 Å². The first-order valence-electron chi connectivity index (χ1n) is 6.69. The highest BCUT2D eigenvalue weighted by molar-refractivity contribution is 9.10. The molecule has 0 aromatic rings. The molecule has 1 unspecified atom stereocenters. The molecule has 0 saturated carbocycles. The quantitative estimate of drug-likeness (QED) is 0.714. The second-order valence-electron chi connectivity index (χ2n) is 5.39. The maximum atomic E-state index is 11.7. The van der Waals surface area contributed by atoms with Crippen LogP contribution >= 0.6 is 15.9 Å². The minimum Gasteiger partial charge on any atom is -0.344 e. The van der Waals surface area contributed by atoms with Crippen molar-refractivity contribution >= 4 is 21.8 Å². The third-order valence-corrected chi connectivity index (χ3v) is 4.21.